The maximum atomic E-state index is 10.6. The van der Waals surface area contributed by atoms with Crippen LogP contribution in [0.3, 0.4) is 0 Å². The van der Waals surface area contributed by atoms with Crippen LogP contribution >= 0.6 is 0 Å². The van der Waals surface area contributed by atoms with Crippen LogP contribution in [-0.2, 0) is 11.3 Å². The van der Waals surface area contributed by atoms with Crippen LogP contribution in [0.2, 0.25) is 0 Å². The zero-order valence-electron chi connectivity index (χ0n) is 8.84. The van der Waals surface area contributed by atoms with Crippen LogP contribution in [0.5, 0.6) is 0 Å². The van der Waals surface area contributed by atoms with Gasteiger partial charge in [0.25, 0.3) is 0 Å². The second-order valence-electron chi connectivity index (χ2n) is 3.55. The molecule has 0 fully saturated rings. The third-order valence-corrected chi connectivity index (χ3v) is 2.30. The van der Waals surface area contributed by atoms with Crippen LogP contribution in [0.15, 0.2) is 42.6 Å². The Morgan fingerprint density at radius 3 is 2.69 bits per heavy atom. The minimum Gasteiger partial charge on any atom is -0.370 e. The van der Waals surface area contributed by atoms with Crippen molar-refractivity contribution in [2.24, 2.45) is 5.73 Å². The molecule has 4 nitrogen and oxygen atoms in total. The number of aromatic nitrogens is 2. The quantitative estimate of drug-likeness (QED) is 0.838. The minimum atomic E-state index is -0.309. The number of carbonyl (C=O) groups is 1. The van der Waals surface area contributed by atoms with E-state index in [1.807, 2.05) is 42.6 Å². The van der Waals surface area contributed by atoms with E-state index in [0.29, 0.717) is 13.0 Å². The molecule has 0 bridgehead atoms. The van der Waals surface area contributed by atoms with Crippen LogP contribution < -0.4 is 5.73 Å². The summed E-state index contributed by atoms with van der Waals surface area (Å²) in [6, 6.07) is 11.8. The van der Waals surface area contributed by atoms with Crippen molar-refractivity contribution in [1.82, 2.24) is 9.78 Å². The molecular weight excluding hydrogens is 202 g/mol. The summed E-state index contributed by atoms with van der Waals surface area (Å²) in [6.07, 6.45) is 2.17. The van der Waals surface area contributed by atoms with Gasteiger partial charge in [-0.25, -0.2) is 0 Å². The van der Waals surface area contributed by atoms with E-state index in [2.05, 4.69) is 5.10 Å². The lowest BCUT2D eigenvalue weighted by Gasteiger charge is -1.98. The van der Waals surface area contributed by atoms with E-state index >= 15 is 0 Å². The van der Waals surface area contributed by atoms with E-state index in [9.17, 15) is 4.79 Å². The zero-order chi connectivity index (χ0) is 11.4. The third kappa shape index (κ3) is 2.48. The van der Waals surface area contributed by atoms with E-state index in [4.69, 9.17) is 5.73 Å². The lowest BCUT2D eigenvalue weighted by atomic mass is 10.2. The number of nitrogens with two attached hydrogens (primary N) is 1. The summed E-state index contributed by atoms with van der Waals surface area (Å²) in [5, 5.41) is 4.36. The summed E-state index contributed by atoms with van der Waals surface area (Å²) in [7, 11) is 0. The average molecular weight is 215 g/mol. The van der Waals surface area contributed by atoms with Crippen LogP contribution in [0.1, 0.15) is 6.42 Å². The molecule has 0 aliphatic carbocycles. The summed E-state index contributed by atoms with van der Waals surface area (Å²) >= 11 is 0. The number of amides is 1. The molecular formula is C12H13N3O. The van der Waals surface area contributed by atoms with Gasteiger partial charge in [0.05, 0.1) is 5.69 Å². The predicted octanol–water partition coefficient (Wildman–Crippen LogP) is 1.43. The Labute approximate surface area is 93.7 Å². The number of hydrogen-bond acceptors (Lipinski definition) is 2. The fourth-order valence-corrected chi connectivity index (χ4v) is 1.47. The first-order chi connectivity index (χ1) is 7.75. The molecule has 0 saturated carbocycles. The Hall–Kier alpha value is -2.10. The molecule has 0 atom stereocenters. The minimum absolute atomic E-state index is 0.309. The van der Waals surface area contributed by atoms with Crippen molar-refractivity contribution in [3.63, 3.8) is 0 Å². The van der Waals surface area contributed by atoms with E-state index in [1.54, 1.807) is 4.68 Å². The maximum Gasteiger partial charge on any atom is 0.219 e. The highest BCUT2D eigenvalue weighted by Crippen LogP contribution is 2.15. The lowest BCUT2D eigenvalue weighted by molar-refractivity contribution is -0.118. The lowest BCUT2D eigenvalue weighted by Crippen LogP contribution is -2.14. The van der Waals surface area contributed by atoms with Crippen LogP contribution in [-0.4, -0.2) is 15.7 Å². The number of primary amides is 1. The summed E-state index contributed by atoms with van der Waals surface area (Å²) < 4.78 is 1.73. The molecule has 0 unspecified atom stereocenters. The van der Waals surface area contributed by atoms with Gasteiger partial charge in [0.15, 0.2) is 0 Å². The third-order valence-electron chi connectivity index (χ3n) is 2.30. The number of carbonyl (C=O) groups excluding carboxylic acids is 1. The van der Waals surface area contributed by atoms with Gasteiger partial charge in [-0.1, -0.05) is 30.3 Å². The van der Waals surface area contributed by atoms with Crippen LogP contribution in [0.25, 0.3) is 11.3 Å². The van der Waals surface area contributed by atoms with Gasteiger partial charge in [-0.15, -0.1) is 0 Å². The average Bonchev–Trinajstić information content (AvgIpc) is 2.76. The monoisotopic (exact) mass is 215 g/mol. The van der Waals surface area contributed by atoms with E-state index in [0.717, 1.165) is 11.3 Å². The predicted molar refractivity (Wildman–Crippen MR) is 61.5 cm³/mol. The van der Waals surface area contributed by atoms with Crippen molar-refractivity contribution < 1.29 is 4.79 Å². The summed E-state index contributed by atoms with van der Waals surface area (Å²) in [5.41, 5.74) is 7.06. The Bertz CT molecular complexity index is 476. The van der Waals surface area contributed by atoms with E-state index < -0.39 is 0 Å². The molecule has 2 N–H and O–H groups in total. The van der Waals surface area contributed by atoms with Crippen molar-refractivity contribution in [2.45, 2.75) is 13.0 Å². The Balaban J connectivity index is 2.11. The summed E-state index contributed by atoms with van der Waals surface area (Å²) in [6.45, 7) is 0.530. The molecule has 2 aromatic rings. The highest BCUT2D eigenvalue weighted by molar-refractivity contribution is 5.73. The highest BCUT2D eigenvalue weighted by Gasteiger charge is 2.02. The standard InChI is InChI=1S/C12H13N3O/c13-12(16)7-9-15-8-6-11(14-15)10-4-2-1-3-5-10/h1-6,8H,7,9H2,(H2,13,16). The first-order valence-electron chi connectivity index (χ1n) is 5.13. The molecule has 1 aromatic heterocycles. The van der Waals surface area contributed by atoms with E-state index in [1.165, 1.54) is 0 Å². The van der Waals surface area contributed by atoms with Gasteiger partial charge in [0.1, 0.15) is 0 Å². The molecule has 0 aliphatic heterocycles. The first-order valence-corrected chi connectivity index (χ1v) is 5.13. The van der Waals surface area contributed by atoms with Gasteiger partial charge in [-0.05, 0) is 6.07 Å². The smallest absolute Gasteiger partial charge is 0.219 e. The topological polar surface area (TPSA) is 60.9 Å². The van der Waals surface area contributed by atoms with Gasteiger partial charge in [0.2, 0.25) is 5.91 Å². The van der Waals surface area contributed by atoms with Gasteiger partial charge < -0.3 is 5.73 Å². The summed E-state index contributed by atoms with van der Waals surface area (Å²) in [4.78, 5) is 10.6. The van der Waals surface area contributed by atoms with Crippen molar-refractivity contribution in [1.29, 1.82) is 0 Å². The molecule has 4 heteroatoms. The van der Waals surface area contributed by atoms with Gasteiger partial charge >= 0.3 is 0 Å². The molecule has 0 spiro atoms. The van der Waals surface area contributed by atoms with Crippen LogP contribution in [0.4, 0.5) is 0 Å². The van der Waals surface area contributed by atoms with Crippen molar-refractivity contribution in [3.05, 3.63) is 42.6 Å². The van der Waals surface area contributed by atoms with Gasteiger partial charge in [-0.3, -0.25) is 9.48 Å². The number of aryl methyl sites for hydroxylation is 1. The summed E-state index contributed by atoms with van der Waals surface area (Å²) in [5.74, 6) is -0.309. The maximum absolute atomic E-state index is 10.6. The van der Waals surface area contributed by atoms with Crippen molar-refractivity contribution in [2.75, 3.05) is 0 Å². The fourth-order valence-electron chi connectivity index (χ4n) is 1.47. The van der Waals surface area contributed by atoms with Gasteiger partial charge in [0, 0.05) is 24.7 Å². The molecule has 1 aromatic carbocycles. The molecule has 1 amide bonds. The van der Waals surface area contributed by atoms with Gasteiger partial charge in [-0.2, -0.15) is 5.10 Å². The normalized spacial score (nSPS) is 10.2. The Morgan fingerprint density at radius 1 is 1.25 bits per heavy atom. The number of hydrogen-bond donors (Lipinski definition) is 1. The number of nitrogens with zero attached hydrogens (tertiary/aromatic N) is 2. The molecule has 82 valence electrons. The van der Waals surface area contributed by atoms with Crippen LogP contribution in [0, 0.1) is 0 Å². The Kier molecular flexibility index (Phi) is 3.00. The van der Waals surface area contributed by atoms with Crippen molar-refractivity contribution >= 4 is 5.91 Å². The Morgan fingerprint density at radius 2 is 2.00 bits per heavy atom. The highest BCUT2D eigenvalue weighted by atomic mass is 16.1. The van der Waals surface area contributed by atoms with Crippen molar-refractivity contribution in [3.8, 4) is 11.3 Å². The zero-order valence-corrected chi connectivity index (χ0v) is 8.84. The molecule has 0 saturated heterocycles. The molecule has 2 rings (SSSR count). The molecule has 1 heterocycles. The SMILES string of the molecule is NC(=O)CCn1ccc(-c2ccccc2)n1. The number of benzene rings is 1. The first kappa shape index (κ1) is 10.4. The van der Waals surface area contributed by atoms with E-state index in [-0.39, 0.29) is 5.91 Å². The molecule has 0 aliphatic rings. The second kappa shape index (κ2) is 4.61. The fraction of sp³-hybridized carbons (Fsp3) is 0.167. The largest absolute Gasteiger partial charge is 0.370 e. The second-order valence-corrected chi connectivity index (χ2v) is 3.55. The molecule has 16 heavy (non-hydrogen) atoms. The number of rotatable bonds is 4. The molecule has 0 radical (unpaired) electrons.